The maximum atomic E-state index is 9.54. The Hall–Kier alpha value is 0.504. The van der Waals surface area contributed by atoms with Crippen LogP contribution in [0.3, 0.4) is 0 Å². The van der Waals surface area contributed by atoms with Gasteiger partial charge in [0, 0.05) is 48.2 Å². The van der Waals surface area contributed by atoms with Gasteiger partial charge in [0.25, 0.3) is 0 Å². The van der Waals surface area contributed by atoms with E-state index in [1.807, 2.05) is 0 Å². The Morgan fingerprint density at radius 1 is 1.43 bits per heavy atom. The van der Waals surface area contributed by atoms with Crippen molar-refractivity contribution < 1.29 is 56.0 Å². The Kier molecular flexibility index (Phi) is 6.97. The summed E-state index contributed by atoms with van der Waals surface area (Å²) in [5, 5.41) is 7.64. The van der Waals surface area contributed by atoms with Gasteiger partial charge in [0.1, 0.15) is 0 Å². The van der Waals surface area contributed by atoms with Gasteiger partial charge < -0.3 is 5.11 Å². The predicted octanol–water partition coefficient (Wildman–Crippen LogP) is -0.340. The van der Waals surface area contributed by atoms with E-state index in [2.05, 4.69) is 0 Å². The summed E-state index contributed by atoms with van der Waals surface area (Å²) in [4.78, 5) is 18.9. The molecule has 0 bridgehead atoms. The van der Waals surface area contributed by atoms with E-state index in [1.165, 1.54) is 0 Å². The molecule has 0 rings (SSSR count). The van der Waals surface area contributed by atoms with E-state index >= 15 is 0 Å². The van der Waals surface area contributed by atoms with Gasteiger partial charge in [-0.2, -0.15) is 0 Å². The number of carbonyl (C=O) groups is 2. The molecule has 4 heteroatoms. The summed E-state index contributed by atoms with van der Waals surface area (Å²) in [6.45, 7) is 1.00. The van der Waals surface area contributed by atoms with Crippen LogP contribution < -0.4 is 0 Å². The van der Waals surface area contributed by atoms with Crippen molar-refractivity contribution in [3.8, 4) is 0 Å². The van der Waals surface area contributed by atoms with Gasteiger partial charge in [0.05, 0.1) is 0 Å². The number of hydrogen-bond donors (Lipinski definition) is 1. The maximum Gasteiger partial charge on any atom is 0.371 e. The van der Waals surface area contributed by atoms with Crippen molar-refractivity contribution in [2.75, 3.05) is 0 Å². The summed E-state index contributed by atoms with van der Waals surface area (Å²) in [5.74, 6) is -2.20. The fourth-order valence-electron chi connectivity index (χ4n) is 0. The molecule has 37 valence electrons. The number of aliphatic carboxylic acids is 1. The smallest absolute Gasteiger partial charge is 0.371 e. The summed E-state index contributed by atoms with van der Waals surface area (Å²) in [5.41, 5.74) is 0. The first-order valence-electron chi connectivity index (χ1n) is 1.38. The Bertz CT molecular complexity index is 76.2. The Balaban J connectivity index is 0. The van der Waals surface area contributed by atoms with Crippen LogP contribution in [0, 0.1) is 41.3 Å². The number of carboxylic acid groups (broad SMARTS) is 1. The van der Waals surface area contributed by atoms with Crippen LogP contribution in [0.15, 0.2) is 0 Å². The Labute approximate surface area is 74.0 Å². The van der Waals surface area contributed by atoms with Gasteiger partial charge in [-0.1, -0.05) is 0 Å². The Morgan fingerprint density at radius 3 is 1.57 bits per heavy atom. The first-order chi connectivity index (χ1) is 2.64. The molecule has 0 saturated carbocycles. The molecule has 0 aliphatic rings. The molecule has 3 nitrogen and oxygen atoms in total. The van der Waals surface area contributed by atoms with Gasteiger partial charge in [0.15, 0.2) is 0 Å². The second-order valence-electron chi connectivity index (χ2n) is 0.861. The van der Waals surface area contributed by atoms with Crippen molar-refractivity contribution >= 4 is 11.8 Å². The molecular formula is C3H4O3Pr. The molecule has 0 aromatic heterocycles. The molecule has 0 saturated heterocycles. The van der Waals surface area contributed by atoms with Gasteiger partial charge in [-0.3, -0.25) is 4.79 Å². The van der Waals surface area contributed by atoms with E-state index in [9.17, 15) is 9.59 Å². The molecule has 0 unspecified atom stereocenters. The van der Waals surface area contributed by atoms with Gasteiger partial charge in [0.2, 0.25) is 5.78 Å². The zero-order valence-electron chi connectivity index (χ0n) is 3.84. The summed E-state index contributed by atoms with van der Waals surface area (Å²) in [6.07, 6.45) is 0. The third kappa shape index (κ3) is 6.50. The van der Waals surface area contributed by atoms with Crippen LogP contribution >= 0.6 is 0 Å². The van der Waals surface area contributed by atoms with Crippen LogP contribution in [0.25, 0.3) is 0 Å². The number of carboxylic acids is 1. The van der Waals surface area contributed by atoms with Crippen LogP contribution in [-0.4, -0.2) is 16.9 Å². The molecule has 0 fully saturated rings. The zero-order chi connectivity index (χ0) is 5.15. The Morgan fingerprint density at radius 2 is 1.57 bits per heavy atom. The molecule has 7 heavy (non-hydrogen) atoms. The minimum absolute atomic E-state index is 0. The molecule has 1 radical (unpaired) electrons. The first-order valence-corrected chi connectivity index (χ1v) is 1.38. The van der Waals surface area contributed by atoms with Gasteiger partial charge in [-0.05, 0) is 0 Å². The third-order valence-electron chi connectivity index (χ3n) is 0.301. The minimum atomic E-state index is -1.38. The maximum absolute atomic E-state index is 9.54. The van der Waals surface area contributed by atoms with Crippen molar-refractivity contribution in [2.24, 2.45) is 0 Å². The second-order valence-corrected chi connectivity index (χ2v) is 0.861. The number of rotatable bonds is 1. The second kappa shape index (κ2) is 4.66. The molecular weight excluding hydrogens is 225 g/mol. The van der Waals surface area contributed by atoms with Crippen molar-refractivity contribution in [2.45, 2.75) is 6.92 Å². The van der Waals surface area contributed by atoms with Crippen molar-refractivity contribution in [1.82, 2.24) is 0 Å². The molecule has 0 heterocycles. The molecule has 1 N–H and O–H groups in total. The predicted molar refractivity (Wildman–Crippen MR) is 18.3 cm³/mol. The summed E-state index contributed by atoms with van der Waals surface area (Å²) < 4.78 is 0. The van der Waals surface area contributed by atoms with E-state index in [4.69, 9.17) is 5.11 Å². The minimum Gasteiger partial charge on any atom is -0.476 e. The van der Waals surface area contributed by atoms with Crippen molar-refractivity contribution in [3.63, 3.8) is 0 Å². The van der Waals surface area contributed by atoms with Crippen LogP contribution in [0.1, 0.15) is 6.92 Å². The van der Waals surface area contributed by atoms with Crippen LogP contribution in [0.2, 0.25) is 0 Å². The van der Waals surface area contributed by atoms with Crippen LogP contribution in [0.5, 0.6) is 0 Å². The standard InChI is InChI=1S/C3H4O3.Pr/c1-2(4)3(5)6;/h1H3,(H,5,6);. The quantitative estimate of drug-likeness (QED) is 0.625. The topological polar surface area (TPSA) is 54.4 Å². The number of carbonyl (C=O) groups excluding carboxylic acids is 1. The average Bonchev–Trinajstić information content (AvgIpc) is 1.36. The van der Waals surface area contributed by atoms with Gasteiger partial charge >= 0.3 is 5.97 Å². The fourth-order valence-corrected chi connectivity index (χ4v) is 0. The van der Waals surface area contributed by atoms with E-state index in [1.54, 1.807) is 0 Å². The van der Waals surface area contributed by atoms with E-state index in [-0.39, 0.29) is 41.3 Å². The summed E-state index contributed by atoms with van der Waals surface area (Å²) in [6, 6.07) is 0. The first kappa shape index (κ1) is 10.5. The molecule has 0 spiro atoms. The normalized spacial score (nSPS) is 6.43. The molecule has 0 aliphatic carbocycles. The summed E-state index contributed by atoms with van der Waals surface area (Å²) >= 11 is 0. The monoisotopic (exact) mass is 229 g/mol. The molecule has 0 amide bonds. The van der Waals surface area contributed by atoms with E-state index in [0.717, 1.165) is 6.92 Å². The van der Waals surface area contributed by atoms with Crippen LogP contribution in [0.4, 0.5) is 0 Å². The number of ketones is 1. The van der Waals surface area contributed by atoms with Crippen molar-refractivity contribution in [1.29, 1.82) is 0 Å². The van der Waals surface area contributed by atoms with Crippen molar-refractivity contribution in [3.05, 3.63) is 0 Å². The zero-order valence-corrected chi connectivity index (χ0v) is 7.55. The largest absolute Gasteiger partial charge is 0.476 e. The number of Topliss-reactive ketones (excluding diaryl/α,β-unsaturated/α-hetero) is 1. The molecule has 0 aromatic rings. The fraction of sp³-hybridized carbons (Fsp3) is 0.333. The van der Waals surface area contributed by atoms with E-state index < -0.39 is 11.8 Å². The number of hydrogen-bond acceptors (Lipinski definition) is 2. The average molecular weight is 229 g/mol. The molecule has 0 aromatic carbocycles. The SMILES string of the molecule is CC(=O)C(=O)O.[Pr]. The van der Waals surface area contributed by atoms with Gasteiger partial charge in [-0.15, -0.1) is 0 Å². The van der Waals surface area contributed by atoms with E-state index in [0.29, 0.717) is 0 Å². The van der Waals surface area contributed by atoms with Gasteiger partial charge in [-0.25, -0.2) is 4.79 Å². The molecule has 0 atom stereocenters. The third-order valence-corrected chi connectivity index (χ3v) is 0.301. The van der Waals surface area contributed by atoms with Crippen LogP contribution in [-0.2, 0) is 9.59 Å². The summed E-state index contributed by atoms with van der Waals surface area (Å²) in [7, 11) is 0. The molecule has 0 aliphatic heterocycles.